The minimum absolute atomic E-state index is 0.00278. The fourth-order valence-electron chi connectivity index (χ4n) is 4.32. The Morgan fingerprint density at radius 3 is 2.89 bits per heavy atom. The third kappa shape index (κ3) is 5.64. The lowest BCUT2D eigenvalue weighted by atomic mass is 9.98. The number of halogens is 5. The summed E-state index contributed by atoms with van der Waals surface area (Å²) in [6.45, 7) is 0.996. The number of nitrogens with zero attached hydrogens (tertiary/aromatic N) is 4. The molecule has 1 aliphatic heterocycles. The van der Waals surface area contributed by atoms with Crippen molar-refractivity contribution in [2.24, 2.45) is 5.92 Å². The van der Waals surface area contributed by atoms with Crippen molar-refractivity contribution in [2.45, 2.75) is 19.0 Å². The highest BCUT2D eigenvalue weighted by molar-refractivity contribution is 6.31. The smallest absolute Gasteiger partial charge is 0.410 e. The molecule has 1 saturated heterocycles. The number of anilines is 1. The molecule has 0 unspecified atom stereocenters. The van der Waals surface area contributed by atoms with E-state index in [2.05, 4.69) is 25.3 Å². The maximum Gasteiger partial charge on any atom is 0.416 e. The fraction of sp³-hybridized carbons (Fsp3) is 0.280. The number of carbonyl (C=O) groups excluding carboxylic acids is 1. The molecule has 0 aliphatic carbocycles. The van der Waals surface area contributed by atoms with Crippen LogP contribution in [-0.4, -0.2) is 50.6 Å². The van der Waals surface area contributed by atoms with Gasteiger partial charge in [0.05, 0.1) is 16.8 Å². The van der Waals surface area contributed by atoms with E-state index in [0.29, 0.717) is 41.1 Å². The molecule has 8 nitrogen and oxygen atoms in total. The van der Waals surface area contributed by atoms with Gasteiger partial charge in [-0.3, -0.25) is 0 Å². The highest BCUT2D eigenvalue weighted by Crippen LogP contribution is 2.32. The van der Waals surface area contributed by atoms with E-state index in [1.165, 1.54) is 23.2 Å². The average molecular weight is 549 g/mol. The molecule has 1 aliphatic rings. The highest BCUT2D eigenvalue weighted by Gasteiger charge is 2.31. The van der Waals surface area contributed by atoms with Crippen LogP contribution < -0.4 is 10.1 Å². The van der Waals surface area contributed by atoms with E-state index in [1.54, 1.807) is 12.3 Å². The van der Waals surface area contributed by atoms with Crippen molar-refractivity contribution in [1.82, 2.24) is 24.8 Å². The average Bonchev–Trinajstić information content (AvgIpc) is 3.31. The summed E-state index contributed by atoms with van der Waals surface area (Å²) in [5.74, 6) is -0.607. The molecule has 1 aromatic carbocycles. The van der Waals surface area contributed by atoms with Crippen LogP contribution >= 0.6 is 11.6 Å². The van der Waals surface area contributed by atoms with E-state index >= 15 is 0 Å². The van der Waals surface area contributed by atoms with Crippen molar-refractivity contribution in [3.63, 3.8) is 0 Å². The molecule has 38 heavy (non-hydrogen) atoms. The number of likely N-dealkylation sites (tertiary alicyclic amines) is 1. The molecule has 0 saturated carbocycles. The van der Waals surface area contributed by atoms with Gasteiger partial charge in [0, 0.05) is 43.0 Å². The molecular weight excluding hydrogens is 528 g/mol. The molecule has 198 valence electrons. The zero-order valence-corrected chi connectivity index (χ0v) is 20.5. The van der Waals surface area contributed by atoms with Gasteiger partial charge in [0.1, 0.15) is 11.4 Å². The number of amides is 1. The van der Waals surface area contributed by atoms with Crippen molar-refractivity contribution < 1.29 is 27.1 Å². The number of benzene rings is 1. The number of carbonyl (C=O) groups is 1. The van der Waals surface area contributed by atoms with Gasteiger partial charge in [-0.05, 0) is 43.0 Å². The zero-order valence-electron chi connectivity index (χ0n) is 19.7. The van der Waals surface area contributed by atoms with E-state index in [1.807, 2.05) is 0 Å². The van der Waals surface area contributed by atoms with Crippen molar-refractivity contribution in [2.75, 3.05) is 25.0 Å². The Morgan fingerprint density at radius 1 is 1.24 bits per heavy atom. The molecule has 3 aromatic heterocycles. The standard InChI is InChI=1S/C25H21ClF4N6O2/c26-16-8-18-19(11-33-21(18)32-10-16)22-34-12-20(27)23(35-22)31-9-14-3-2-6-36(13-14)24(37)38-17-5-1-4-15(7-17)25(28,29)30/h1,4-5,7-8,10-12,14H,2-3,6,9,13H2,(H,32,33)(H,31,34,35)/t14-/m1/s1. The SMILES string of the molecule is O=C(Oc1cccc(C(F)(F)F)c1)N1CCC[C@H](CNc2nc(-c3c[nH]c4ncc(Cl)cc34)ncc2F)C1. The highest BCUT2D eigenvalue weighted by atomic mass is 35.5. The van der Waals surface area contributed by atoms with E-state index < -0.39 is 23.7 Å². The number of aromatic amines is 1. The maximum absolute atomic E-state index is 14.5. The Bertz CT molecular complexity index is 1480. The van der Waals surface area contributed by atoms with Crippen LogP contribution in [0.2, 0.25) is 5.02 Å². The summed E-state index contributed by atoms with van der Waals surface area (Å²) in [5, 5.41) is 4.13. The lowest BCUT2D eigenvalue weighted by molar-refractivity contribution is -0.137. The molecule has 13 heteroatoms. The lowest BCUT2D eigenvalue weighted by Crippen LogP contribution is -2.43. The molecule has 1 amide bonds. The number of aromatic nitrogens is 4. The number of H-pyrrole nitrogens is 1. The molecule has 4 heterocycles. The number of nitrogens with one attached hydrogen (secondary N) is 2. The van der Waals surface area contributed by atoms with Gasteiger partial charge in [0.25, 0.3) is 0 Å². The van der Waals surface area contributed by atoms with Crippen LogP contribution in [0.5, 0.6) is 5.75 Å². The first-order valence-corrected chi connectivity index (χ1v) is 12.1. The Hall–Kier alpha value is -3.93. The van der Waals surface area contributed by atoms with Crippen LogP contribution in [-0.2, 0) is 6.18 Å². The number of rotatable bonds is 5. The van der Waals surface area contributed by atoms with Crippen LogP contribution in [0.15, 0.2) is 48.9 Å². The quantitative estimate of drug-likeness (QED) is 0.290. The molecule has 5 rings (SSSR count). The molecule has 0 radical (unpaired) electrons. The molecule has 4 aromatic rings. The first kappa shape index (κ1) is 25.7. The van der Waals surface area contributed by atoms with E-state index in [-0.39, 0.29) is 29.9 Å². The number of fused-ring (bicyclic) bond motifs is 1. The summed E-state index contributed by atoms with van der Waals surface area (Å²) in [6, 6.07) is 5.88. The van der Waals surface area contributed by atoms with E-state index in [0.717, 1.165) is 24.8 Å². The third-order valence-corrected chi connectivity index (χ3v) is 6.39. The van der Waals surface area contributed by atoms with Crippen molar-refractivity contribution >= 4 is 34.5 Å². The van der Waals surface area contributed by atoms with Crippen LogP contribution in [0.1, 0.15) is 18.4 Å². The van der Waals surface area contributed by atoms with Crippen molar-refractivity contribution in [3.05, 3.63) is 65.3 Å². The monoisotopic (exact) mass is 548 g/mol. The lowest BCUT2D eigenvalue weighted by Gasteiger charge is -2.32. The first-order chi connectivity index (χ1) is 18.2. The summed E-state index contributed by atoms with van der Waals surface area (Å²) in [7, 11) is 0. The fourth-order valence-corrected chi connectivity index (χ4v) is 4.48. The Labute approximate surface area is 219 Å². The van der Waals surface area contributed by atoms with Gasteiger partial charge < -0.3 is 19.9 Å². The largest absolute Gasteiger partial charge is 0.416 e. The van der Waals surface area contributed by atoms with Gasteiger partial charge in [-0.2, -0.15) is 13.2 Å². The molecule has 1 fully saturated rings. The number of ether oxygens (including phenoxy) is 1. The molecule has 0 bridgehead atoms. The topological polar surface area (TPSA) is 96.0 Å². The molecule has 2 N–H and O–H groups in total. The molecule has 1 atom stereocenters. The van der Waals surface area contributed by atoms with Gasteiger partial charge >= 0.3 is 12.3 Å². The number of piperidine rings is 1. The summed E-state index contributed by atoms with van der Waals surface area (Å²) >= 11 is 6.06. The number of alkyl halides is 3. The minimum atomic E-state index is -4.54. The number of hydrogen-bond acceptors (Lipinski definition) is 6. The van der Waals surface area contributed by atoms with Crippen LogP contribution in [0.3, 0.4) is 0 Å². The van der Waals surface area contributed by atoms with Gasteiger partial charge in [-0.25, -0.2) is 24.1 Å². The van der Waals surface area contributed by atoms with Gasteiger partial charge in [-0.1, -0.05) is 17.7 Å². The Morgan fingerprint density at radius 2 is 2.08 bits per heavy atom. The molecular formula is C25H21ClF4N6O2. The predicted molar refractivity (Wildman–Crippen MR) is 132 cm³/mol. The molecule has 0 spiro atoms. The van der Waals surface area contributed by atoms with E-state index in [4.69, 9.17) is 16.3 Å². The number of pyridine rings is 1. The van der Waals surface area contributed by atoms with Gasteiger partial charge in [0.15, 0.2) is 17.5 Å². The normalized spacial score (nSPS) is 16.0. The van der Waals surface area contributed by atoms with Gasteiger partial charge in [-0.15, -0.1) is 0 Å². The summed E-state index contributed by atoms with van der Waals surface area (Å²) in [6.07, 6.45) is 0.374. The van der Waals surface area contributed by atoms with Crippen molar-refractivity contribution in [1.29, 1.82) is 0 Å². The summed E-state index contributed by atoms with van der Waals surface area (Å²) < 4.78 is 58.6. The Kier molecular flexibility index (Phi) is 7.06. The predicted octanol–water partition coefficient (Wildman–Crippen LogP) is 6.15. The van der Waals surface area contributed by atoms with Gasteiger partial charge in [0.2, 0.25) is 0 Å². The van der Waals surface area contributed by atoms with E-state index in [9.17, 15) is 22.4 Å². The Balaban J connectivity index is 1.23. The second kappa shape index (κ2) is 10.4. The van der Waals surface area contributed by atoms with Crippen LogP contribution in [0.4, 0.5) is 28.2 Å². The number of hydrogen-bond donors (Lipinski definition) is 2. The second-order valence-corrected chi connectivity index (χ2v) is 9.31. The summed E-state index contributed by atoms with van der Waals surface area (Å²) in [5.41, 5.74) is 0.298. The van der Waals surface area contributed by atoms with Crippen LogP contribution in [0, 0.1) is 11.7 Å². The minimum Gasteiger partial charge on any atom is -0.410 e. The first-order valence-electron chi connectivity index (χ1n) is 11.7. The maximum atomic E-state index is 14.5. The summed E-state index contributed by atoms with van der Waals surface area (Å²) in [4.78, 5) is 29.7. The van der Waals surface area contributed by atoms with Crippen molar-refractivity contribution in [3.8, 4) is 17.1 Å². The van der Waals surface area contributed by atoms with Crippen LogP contribution in [0.25, 0.3) is 22.4 Å². The zero-order chi connectivity index (χ0) is 26.9. The second-order valence-electron chi connectivity index (χ2n) is 8.87. The third-order valence-electron chi connectivity index (χ3n) is 6.18.